The van der Waals surface area contributed by atoms with Crippen molar-refractivity contribution in [1.29, 1.82) is 0 Å². The molecule has 1 aromatic carbocycles. The molecule has 0 aromatic heterocycles. The molecule has 19 heavy (non-hydrogen) atoms. The fourth-order valence-corrected chi connectivity index (χ4v) is 1.99. The van der Waals surface area contributed by atoms with Crippen LogP contribution < -0.4 is 5.32 Å². The Morgan fingerprint density at radius 3 is 2.26 bits per heavy atom. The third-order valence-electron chi connectivity index (χ3n) is 3.07. The van der Waals surface area contributed by atoms with Crippen LogP contribution in [-0.2, 0) is 4.74 Å². The molecular weight excluding hydrogens is 234 g/mol. The Hall–Kier alpha value is -0.860. The summed E-state index contributed by atoms with van der Waals surface area (Å²) in [5, 5.41) is 3.60. The van der Waals surface area contributed by atoms with Gasteiger partial charge >= 0.3 is 0 Å². The first-order valence-corrected chi connectivity index (χ1v) is 7.30. The van der Waals surface area contributed by atoms with Crippen LogP contribution in [0.1, 0.15) is 52.5 Å². The Labute approximate surface area is 118 Å². The number of hydrogen-bond acceptors (Lipinski definition) is 2. The third-order valence-corrected chi connectivity index (χ3v) is 3.07. The number of nitrogens with one attached hydrogen (secondary N) is 1. The topological polar surface area (TPSA) is 21.3 Å². The van der Waals surface area contributed by atoms with Gasteiger partial charge in [0.15, 0.2) is 0 Å². The molecule has 1 unspecified atom stereocenters. The Morgan fingerprint density at radius 2 is 1.74 bits per heavy atom. The highest BCUT2D eigenvalue weighted by Crippen LogP contribution is 2.20. The van der Waals surface area contributed by atoms with Gasteiger partial charge in [-0.2, -0.15) is 0 Å². The summed E-state index contributed by atoms with van der Waals surface area (Å²) in [7, 11) is 0. The SMILES string of the molecule is CC(C)OCCC(CNC(C)(C)C)c1ccccc1. The summed E-state index contributed by atoms with van der Waals surface area (Å²) >= 11 is 0. The fraction of sp³-hybridized carbons (Fsp3) is 0.647. The zero-order chi connectivity index (χ0) is 14.3. The van der Waals surface area contributed by atoms with Crippen molar-refractivity contribution in [2.24, 2.45) is 0 Å². The monoisotopic (exact) mass is 263 g/mol. The molecule has 108 valence electrons. The fourth-order valence-electron chi connectivity index (χ4n) is 1.99. The quantitative estimate of drug-likeness (QED) is 0.803. The normalized spacial score (nSPS) is 13.8. The van der Waals surface area contributed by atoms with Crippen molar-refractivity contribution in [2.45, 2.75) is 58.6 Å². The molecule has 0 saturated carbocycles. The van der Waals surface area contributed by atoms with Crippen LogP contribution in [0.3, 0.4) is 0 Å². The summed E-state index contributed by atoms with van der Waals surface area (Å²) in [5.41, 5.74) is 1.55. The second-order valence-corrected chi connectivity index (χ2v) is 6.45. The van der Waals surface area contributed by atoms with Gasteiger partial charge in [-0.05, 0) is 52.5 Å². The number of rotatable bonds is 7. The maximum atomic E-state index is 5.70. The molecule has 0 fully saturated rings. The molecule has 0 bridgehead atoms. The van der Waals surface area contributed by atoms with Crippen LogP contribution in [0.25, 0.3) is 0 Å². The maximum absolute atomic E-state index is 5.70. The molecule has 0 heterocycles. The highest BCUT2D eigenvalue weighted by Gasteiger charge is 2.15. The minimum absolute atomic E-state index is 0.159. The van der Waals surface area contributed by atoms with E-state index in [1.807, 2.05) is 0 Å². The molecule has 0 aliphatic rings. The lowest BCUT2D eigenvalue weighted by molar-refractivity contribution is 0.0729. The number of ether oxygens (including phenoxy) is 1. The molecule has 1 aromatic rings. The molecule has 1 atom stereocenters. The van der Waals surface area contributed by atoms with Gasteiger partial charge in [-0.3, -0.25) is 0 Å². The Morgan fingerprint density at radius 1 is 1.11 bits per heavy atom. The average Bonchev–Trinajstić information content (AvgIpc) is 2.33. The van der Waals surface area contributed by atoms with Crippen LogP contribution in [0.4, 0.5) is 0 Å². The van der Waals surface area contributed by atoms with E-state index in [-0.39, 0.29) is 5.54 Å². The van der Waals surface area contributed by atoms with Crippen LogP contribution in [0.2, 0.25) is 0 Å². The zero-order valence-electron chi connectivity index (χ0n) is 13.1. The molecule has 1 rings (SSSR count). The van der Waals surface area contributed by atoms with Gasteiger partial charge in [0.25, 0.3) is 0 Å². The Bertz CT molecular complexity index is 340. The van der Waals surface area contributed by atoms with Crippen molar-refractivity contribution in [1.82, 2.24) is 5.32 Å². The first kappa shape index (κ1) is 16.2. The van der Waals surface area contributed by atoms with E-state index < -0.39 is 0 Å². The van der Waals surface area contributed by atoms with E-state index in [1.165, 1.54) is 5.56 Å². The molecule has 0 saturated heterocycles. The van der Waals surface area contributed by atoms with Crippen LogP contribution in [0, 0.1) is 0 Å². The van der Waals surface area contributed by atoms with E-state index in [9.17, 15) is 0 Å². The molecule has 2 nitrogen and oxygen atoms in total. The first-order valence-electron chi connectivity index (χ1n) is 7.30. The average molecular weight is 263 g/mol. The lowest BCUT2D eigenvalue weighted by Gasteiger charge is -2.26. The summed E-state index contributed by atoms with van der Waals surface area (Å²) in [6, 6.07) is 10.7. The van der Waals surface area contributed by atoms with Crippen molar-refractivity contribution in [3.05, 3.63) is 35.9 Å². The van der Waals surface area contributed by atoms with Crippen molar-refractivity contribution in [3.8, 4) is 0 Å². The summed E-state index contributed by atoms with van der Waals surface area (Å²) in [4.78, 5) is 0. The van der Waals surface area contributed by atoms with E-state index in [0.29, 0.717) is 12.0 Å². The van der Waals surface area contributed by atoms with Crippen LogP contribution >= 0.6 is 0 Å². The summed E-state index contributed by atoms with van der Waals surface area (Å²) in [5.74, 6) is 0.513. The van der Waals surface area contributed by atoms with Gasteiger partial charge < -0.3 is 10.1 Å². The largest absolute Gasteiger partial charge is 0.379 e. The summed E-state index contributed by atoms with van der Waals surface area (Å²) in [6.07, 6.45) is 1.37. The van der Waals surface area contributed by atoms with E-state index in [0.717, 1.165) is 19.6 Å². The number of hydrogen-bond donors (Lipinski definition) is 1. The van der Waals surface area contributed by atoms with Crippen LogP contribution in [-0.4, -0.2) is 24.8 Å². The molecule has 0 spiro atoms. The van der Waals surface area contributed by atoms with Crippen molar-refractivity contribution in [2.75, 3.05) is 13.2 Å². The van der Waals surface area contributed by atoms with Gasteiger partial charge in [0, 0.05) is 18.7 Å². The molecular formula is C17H29NO. The van der Waals surface area contributed by atoms with Gasteiger partial charge in [0.2, 0.25) is 0 Å². The molecule has 0 amide bonds. The lowest BCUT2D eigenvalue weighted by atomic mass is 9.95. The highest BCUT2D eigenvalue weighted by atomic mass is 16.5. The standard InChI is InChI=1S/C17H29NO/c1-14(2)19-12-11-16(13-18-17(3,4)5)15-9-7-6-8-10-15/h6-10,14,16,18H,11-13H2,1-5H3. The van der Waals surface area contributed by atoms with Crippen molar-refractivity contribution < 1.29 is 4.74 Å². The molecule has 0 aliphatic heterocycles. The zero-order valence-corrected chi connectivity index (χ0v) is 13.1. The van der Waals surface area contributed by atoms with Gasteiger partial charge in [-0.15, -0.1) is 0 Å². The first-order chi connectivity index (χ1) is 8.88. The van der Waals surface area contributed by atoms with Crippen molar-refractivity contribution in [3.63, 3.8) is 0 Å². The van der Waals surface area contributed by atoms with E-state index in [2.05, 4.69) is 70.3 Å². The highest BCUT2D eigenvalue weighted by molar-refractivity contribution is 5.20. The molecule has 1 N–H and O–H groups in total. The van der Waals surface area contributed by atoms with Crippen molar-refractivity contribution >= 4 is 0 Å². The Kier molecular flexibility index (Phi) is 6.53. The van der Waals surface area contributed by atoms with Gasteiger partial charge in [-0.25, -0.2) is 0 Å². The van der Waals surface area contributed by atoms with Crippen LogP contribution in [0.5, 0.6) is 0 Å². The second kappa shape index (κ2) is 7.66. The third kappa shape index (κ3) is 7.34. The predicted octanol–water partition coefficient (Wildman–Crippen LogP) is 3.97. The lowest BCUT2D eigenvalue weighted by Crippen LogP contribution is -2.38. The minimum Gasteiger partial charge on any atom is -0.379 e. The van der Waals surface area contributed by atoms with Gasteiger partial charge in [-0.1, -0.05) is 30.3 Å². The molecule has 2 heteroatoms. The molecule has 0 radical (unpaired) electrons. The second-order valence-electron chi connectivity index (χ2n) is 6.45. The predicted molar refractivity (Wildman–Crippen MR) is 82.6 cm³/mol. The smallest absolute Gasteiger partial charge is 0.0518 e. The Balaban J connectivity index is 2.58. The molecule has 0 aliphatic carbocycles. The van der Waals surface area contributed by atoms with E-state index >= 15 is 0 Å². The van der Waals surface area contributed by atoms with E-state index in [4.69, 9.17) is 4.74 Å². The summed E-state index contributed by atoms with van der Waals surface area (Å²) in [6.45, 7) is 12.6. The van der Waals surface area contributed by atoms with E-state index in [1.54, 1.807) is 0 Å². The van der Waals surface area contributed by atoms with Crippen LogP contribution in [0.15, 0.2) is 30.3 Å². The number of benzene rings is 1. The maximum Gasteiger partial charge on any atom is 0.0518 e. The van der Waals surface area contributed by atoms with Gasteiger partial charge in [0.05, 0.1) is 6.10 Å². The minimum atomic E-state index is 0.159. The summed E-state index contributed by atoms with van der Waals surface area (Å²) < 4.78 is 5.70. The van der Waals surface area contributed by atoms with Gasteiger partial charge in [0.1, 0.15) is 0 Å².